The van der Waals surface area contributed by atoms with Crippen LogP contribution in [0.5, 0.6) is 5.75 Å². The van der Waals surface area contributed by atoms with Crippen LogP contribution in [-0.2, 0) is 4.74 Å². The van der Waals surface area contributed by atoms with Crippen molar-refractivity contribution in [1.29, 1.82) is 0 Å². The Labute approximate surface area is 174 Å². The lowest BCUT2D eigenvalue weighted by atomic mass is 9.98. The van der Waals surface area contributed by atoms with Gasteiger partial charge >= 0.3 is 0 Å². The minimum absolute atomic E-state index is 0.0925. The molecule has 0 bridgehead atoms. The maximum absolute atomic E-state index is 13.5. The second kappa shape index (κ2) is 8.16. The van der Waals surface area contributed by atoms with Crippen LogP contribution in [0.15, 0.2) is 64.3 Å². The Morgan fingerprint density at radius 1 is 1.20 bits per heavy atom. The van der Waals surface area contributed by atoms with Crippen LogP contribution in [0.25, 0.3) is 11.0 Å². The minimum atomic E-state index is -0.573. The third-order valence-corrected chi connectivity index (χ3v) is 5.20. The molecule has 2 aromatic carbocycles. The van der Waals surface area contributed by atoms with Crippen molar-refractivity contribution in [3.63, 3.8) is 0 Å². The number of fused-ring (bicyclic) bond motifs is 2. The number of methoxy groups -OCH3 is 1. The van der Waals surface area contributed by atoms with Gasteiger partial charge in [0.05, 0.1) is 23.6 Å². The first-order valence-corrected chi connectivity index (χ1v) is 9.76. The zero-order valence-electron chi connectivity index (χ0n) is 17.0. The maximum atomic E-state index is 13.5. The third-order valence-electron chi connectivity index (χ3n) is 5.20. The first-order chi connectivity index (χ1) is 14.5. The van der Waals surface area contributed by atoms with E-state index < -0.39 is 6.04 Å². The molecule has 2 heterocycles. The van der Waals surface area contributed by atoms with Gasteiger partial charge in [0.1, 0.15) is 17.9 Å². The Kier molecular flexibility index (Phi) is 5.42. The van der Waals surface area contributed by atoms with E-state index in [2.05, 4.69) is 6.58 Å². The fraction of sp³-hybridized carbons (Fsp3) is 0.250. The molecule has 0 aliphatic carbocycles. The van der Waals surface area contributed by atoms with E-state index in [0.717, 1.165) is 11.1 Å². The zero-order chi connectivity index (χ0) is 21.3. The van der Waals surface area contributed by atoms with Crippen molar-refractivity contribution in [2.45, 2.75) is 13.0 Å². The fourth-order valence-corrected chi connectivity index (χ4v) is 3.83. The highest BCUT2D eigenvalue weighted by Gasteiger charge is 2.42. The number of benzene rings is 2. The molecule has 1 atom stereocenters. The molecule has 0 unspecified atom stereocenters. The monoisotopic (exact) mass is 405 g/mol. The average Bonchev–Trinajstić information content (AvgIpc) is 3.03. The Bertz CT molecular complexity index is 1180. The number of ether oxygens (including phenoxy) is 2. The van der Waals surface area contributed by atoms with Crippen molar-refractivity contribution < 1.29 is 18.7 Å². The standard InChI is InChI=1S/C24H23NO5/c1-4-11-29-17-7-5-6-16(14-17)21-20-22(26)18-13-15(2)8-9-19(18)30-23(20)24(27)25(21)10-12-28-3/h4-9,13-14,21H,1,10-12H2,2-3H3/t21-/m0/s1. The highest BCUT2D eigenvalue weighted by atomic mass is 16.5. The van der Waals surface area contributed by atoms with Gasteiger partial charge in [0.25, 0.3) is 5.91 Å². The number of nitrogens with zero attached hydrogens (tertiary/aromatic N) is 1. The number of rotatable bonds is 7. The third kappa shape index (κ3) is 3.39. The summed E-state index contributed by atoms with van der Waals surface area (Å²) in [6.07, 6.45) is 1.66. The number of hydrogen-bond acceptors (Lipinski definition) is 5. The molecule has 0 saturated heterocycles. The molecular formula is C24H23NO5. The molecule has 6 nitrogen and oxygen atoms in total. The minimum Gasteiger partial charge on any atom is -0.490 e. The van der Waals surface area contributed by atoms with Crippen molar-refractivity contribution in [1.82, 2.24) is 4.90 Å². The summed E-state index contributed by atoms with van der Waals surface area (Å²) in [4.78, 5) is 28.3. The van der Waals surface area contributed by atoms with Gasteiger partial charge in [-0.1, -0.05) is 36.4 Å². The summed E-state index contributed by atoms with van der Waals surface area (Å²) in [6.45, 7) is 6.62. The van der Waals surface area contributed by atoms with Crippen LogP contribution >= 0.6 is 0 Å². The smallest absolute Gasteiger partial charge is 0.290 e. The molecule has 1 amide bonds. The van der Waals surface area contributed by atoms with E-state index in [1.807, 2.05) is 37.3 Å². The average molecular weight is 405 g/mol. The number of amides is 1. The lowest BCUT2D eigenvalue weighted by molar-refractivity contribution is 0.0663. The molecule has 1 aromatic heterocycles. The first kappa shape index (κ1) is 19.9. The molecule has 0 N–H and O–H groups in total. The topological polar surface area (TPSA) is 69.0 Å². The van der Waals surface area contributed by atoms with Crippen LogP contribution in [0.2, 0.25) is 0 Å². The molecule has 0 spiro atoms. The van der Waals surface area contributed by atoms with Crippen LogP contribution in [0.1, 0.15) is 33.3 Å². The van der Waals surface area contributed by atoms with Crippen LogP contribution in [0.4, 0.5) is 0 Å². The Morgan fingerprint density at radius 2 is 2.03 bits per heavy atom. The number of carbonyl (C=O) groups is 1. The number of aryl methyl sites for hydroxylation is 1. The summed E-state index contributed by atoms with van der Waals surface area (Å²) in [6, 6.07) is 12.2. The van der Waals surface area contributed by atoms with Crippen LogP contribution in [0.3, 0.4) is 0 Å². The van der Waals surface area contributed by atoms with Gasteiger partial charge in [-0.05, 0) is 36.8 Å². The second-order valence-corrected chi connectivity index (χ2v) is 7.24. The Morgan fingerprint density at radius 3 is 2.80 bits per heavy atom. The van der Waals surface area contributed by atoms with Gasteiger partial charge in [-0.3, -0.25) is 9.59 Å². The van der Waals surface area contributed by atoms with Gasteiger partial charge in [0, 0.05) is 13.7 Å². The quantitative estimate of drug-likeness (QED) is 0.559. The van der Waals surface area contributed by atoms with Gasteiger partial charge in [-0.25, -0.2) is 0 Å². The molecule has 3 aromatic rings. The van der Waals surface area contributed by atoms with E-state index >= 15 is 0 Å². The van der Waals surface area contributed by atoms with Crippen molar-refractivity contribution in [2.75, 3.05) is 26.9 Å². The van der Waals surface area contributed by atoms with E-state index in [1.165, 1.54) is 0 Å². The molecule has 154 valence electrons. The predicted molar refractivity (Wildman–Crippen MR) is 114 cm³/mol. The van der Waals surface area contributed by atoms with E-state index in [1.54, 1.807) is 30.2 Å². The Hall–Kier alpha value is -3.38. The van der Waals surface area contributed by atoms with Crippen LogP contribution in [-0.4, -0.2) is 37.7 Å². The summed E-state index contributed by atoms with van der Waals surface area (Å²) >= 11 is 0. The lowest BCUT2D eigenvalue weighted by Gasteiger charge is -2.25. The maximum Gasteiger partial charge on any atom is 0.290 e. The van der Waals surface area contributed by atoms with E-state index in [0.29, 0.717) is 42.0 Å². The Balaban J connectivity index is 1.91. The highest BCUT2D eigenvalue weighted by Crippen LogP contribution is 2.38. The zero-order valence-corrected chi connectivity index (χ0v) is 17.0. The van der Waals surface area contributed by atoms with Crippen molar-refractivity contribution in [3.05, 3.63) is 87.8 Å². The van der Waals surface area contributed by atoms with E-state index in [4.69, 9.17) is 13.9 Å². The lowest BCUT2D eigenvalue weighted by Crippen LogP contribution is -2.32. The molecule has 30 heavy (non-hydrogen) atoms. The predicted octanol–water partition coefficient (Wildman–Crippen LogP) is 3.86. The van der Waals surface area contributed by atoms with E-state index in [9.17, 15) is 9.59 Å². The van der Waals surface area contributed by atoms with Gasteiger partial charge in [-0.15, -0.1) is 0 Å². The summed E-state index contributed by atoms with van der Waals surface area (Å²) in [7, 11) is 1.58. The van der Waals surface area contributed by atoms with Crippen LogP contribution in [0, 0.1) is 6.92 Å². The largest absolute Gasteiger partial charge is 0.490 e. The highest BCUT2D eigenvalue weighted by molar-refractivity contribution is 5.99. The molecule has 0 fully saturated rings. The molecule has 1 aliphatic heterocycles. The first-order valence-electron chi connectivity index (χ1n) is 9.76. The van der Waals surface area contributed by atoms with Crippen molar-refractivity contribution in [3.8, 4) is 5.75 Å². The van der Waals surface area contributed by atoms with Gasteiger partial charge in [0.15, 0.2) is 5.43 Å². The normalized spacial score (nSPS) is 15.5. The second-order valence-electron chi connectivity index (χ2n) is 7.24. The molecular weight excluding hydrogens is 382 g/mol. The molecule has 0 saturated carbocycles. The van der Waals surface area contributed by atoms with Gasteiger partial charge in [-0.2, -0.15) is 0 Å². The molecule has 4 rings (SSSR count). The number of carbonyl (C=O) groups excluding carboxylic acids is 1. The summed E-state index contributed by atoms with van der Waals surface area (Å²) in [5, 5.41) is 0.471. The van der Waals surface area contributed by atoms with E-state index in [-0.39, 0.29) is 17.1 Å². The van der Waals surface area contributed by atoms with Crippen molar-refractivity contribution in [2.24, 2.45) is 0 Å². The van der Waals surface area contributed by atoms with Crippen LogP contribution < -0.4 is 10.2 Å². The van der Waals surface area contributed by atoms with Crippen molar-refractivity contribution >= 4 is 16.9 Å². The summed E-state index contributed by atoms with van der Waals surface area (Å²) in [5.74, 6) is 0.417. The van der Waals surface area contributed by atoms with Gasteiger partial charge < -0.3 is 18.8 Å². The SMILES string of the molecule is C=CCOc1cccc([C@H]2c3c(oc4ccc(C)cc4c3=O)C(=O)N2CCOC)c1. The summed E-state index contributed by atoms with van der Waals surface area (Å²) in [5.41, 5.74) is 2.31. The number of hydrogen-bond donors (Lipinski definition) is 0. The molecule has 0 radical (unpaired) electrons. The van der Waals surface area contributed by atoms with Gasteiger partial charge in [0.2, 0.25) is 5.76 Å². The fourth-order valence-electron chi connectivity index (χ4n) is 3.83. The molecule has 1 aliphatic rings. The summed E-state index contributed by atoms with van der Waals surface area (Å²) < 4.78 is 16.8. The molecule has 6 heteroatoms.